The molecule has 4 nitrogen and oxygen atoms in total. The minimum absolute atomic E-state index is 0.487. The molecule has 0 heterocycles. The quantitative estimate of drug-likeness (QED) is 0.482. The molecule has 5 heteroatoms. The molecule has 0 spiro atoms. The summed E-state index contributed by atoms with van der Waals surface area (Å²) >= 11 is 0. The van der Waals surface area contributed by atoms with Crippen molar-refractivity contribution in [1.82, 2.24) is 9.76 Å². The van der Waals surface area contributed by atoms with Crippen molar-refractivity contribution in [2.75, 3.05) is 20.1 Å². The van der Waals surface area contributed by atoms with E-state index in [4.69, 9.17) is 5.50 Å². The molecular weight excluding hydrogens is 173 g/mol. The summed E-state index contributed by atoms with van der Waals surface area (Å²) in [6.45, 7) is 8.07. The number of rotatable bonds is 6. The van der Waals surface area contributed by atoms with Gasteiger partial charge >= 0.3 is 0 Å². The zero-order valence-corrected chi connectivity index (χ0v) is 8.26. The molecule has 0 aromatic heterocycles. The van der Waals surface area contributed by atoms with Crippen LogP contribution in [0, 0.1) is 0 Å². The zero-order chi connectivity index (χ0) is 9.61. The van der Waals surface area contributed by atoms with E-state index in [1.165, 1.54) is 0 Å². The Hall–Kier alpha value is -0.410. The first-order valence-corrected chi connectivity index (χ1v) is 5.36. The summed E-state index contributed by atoms with van der Waals surface area (Å²) in [4.78, 5) is 0. The van der Waals surface area contributed by atoms with Crippen LogP contribution in [0.1, 0.15) is 0 Å². The van der Waals surface area contributed by atoms with E-state index in [0.717, 1.165) is 0 Å². The SMILES string of the molecule is C=CCN(CC=C)P(N)(=O)NC. The molecule has 0 aliphatic heterocycles. The van der Waals surface area contributed by atoms with E-state index in [0.29, 0.717) is 13.1 Å². The third kappa shape index (κ3) is 3.32. The highest BCUT2D eigenvalue weighted by Crippen LogP contribution is 2.34. The van der Waals surface area contributed by atoms with Crippen LogP contribution in [0.2, 0.25) is 0 Å². The molecule has 0 fully saturated rings. The van der Waals surface area contributed by atoms with Crippen LogP contribution in [-0.2, 0) is 4.57 Å². The number of hydrogen-bond acceptors (Lipinski definition) is 1. The third-order valence-corrected chi connectivity index (χ3v) is 3.23. The molecule has 0 aromatic carbocycles. The average Bonchev–Trinajstić information content (AvgIpc) is 2.04. The van der Waals surface area contributed by atoms with Gasteiger partial charge in [0.25, 0.3) is 7.59 Å². The first-order valence-electron chi connectivity index (χ1n) is 3.63. The van der Waals surface area contributed by atoms with Crippen molar-refractivity contribution in [2.24, 2.45) is 5.50 Å². The molecule has 0 amide bonds. The van der Waals surface area contributed by atoms with Crippen LogP contribution in [0.4, 0.5) is 0 Å². The molecular formula is C7H16N3OP. The smallest absolute Gasteiger partial charge is 0.271 e. The van der Waals surface area contributed by atoms with Crippen molar-refractivity contribution in [2.45, 2.75) is 0 Å². The van der Waals surface area contributed by atoms with Gasteiger partial charge in [-0.1, -0.05) is 12.2 Å². The number of hydrogen-bond donors (Lipinski definition) is 2. The monoisotopic (exact) mass is 189 g/mol. The summed E-state index contributed by atoms with van der Waals surface area (Å²) in [7, 11) is -1.31. The van der Waals surface area contributed by atoms with Gasteiger partial charge in [0, 0.05) is 13.1 Å². The summed E-state index contributed by atoms with van der Waals surface area (Å²) < 4.78 is 13.2. The number of nitrogens with zero attached hydrogens (tertiary/aromatic N) is 1. The molecule has 1 unspecified atom stereocenters. The Balaban J connectivity index is 4.36. The Morgan fingerprint density at radius 2 is 1.92 bits per heavy atom. The van der Waals surface area contributed by atoms with Gasteiger partial charge in [-0.2, -0.15) is 0 Å². The molecule has 0 aliphatic rings. The summed E-state index contributed by atoms with van der Waals surface area (Å²) in [5, 5.41) is 2.57. The first-order chi connectivity index (χ1) is 5.58. The second-order valence-electron chi connectivity index (χ2n) is 2.30. The Morgan fingerprint density at radius 3 is 2.17 bits per heavy atom. The molecule has 0 bridgehead atoms. The highest BCUT2D eigenvalue weighted by molar-refractivity contribution is 7.56. The van der Waals surface area contributed by atoms with Crippen molar-refractivity contribution < 1.29 is 4.57 Å². The van der Waals surface area contributed by atoms with Gasteiger partial charge in [0.05, 0.1) is 0 Å². The number of nitrogens with two attached hydrogens (primary N) is 1. The maximum Gasteiger partial charge on any atom is 0.279 e. The van der Waals surface area contributed by atoms with Crippen LogP contribution < -0.4 is 10.6 Å². The van der Waals surface area contributed by atoms with Crippen molar-refractivity contribution in [3.05, 3.63) is 25.3 Å². The fourth-order valence-corrected chi connectivity index (χ4v) is 1.76. The van der Waals surface area contributed by atoms with Gasteiger partial charge in [0.15, 0.2) is 0 Å². The van der Waals surface area contributed by atoms with Crippen molar-refractivity contribution in [1.29, 1.82) is 0 Å². The van der Waals surface area contributed by atoms with Crippen LogP contribution in [0.15, 0.2) is 25.3 Å². The van der Waals surface area contributed by atoms with Gasteiger partial charge in [0.2, 0.25) is 0 Å². The van der Waals surface area contributed by atoms with E-state index in [1.54, 1.807) is 23.9 Å². The highest BCUT2D eigenvalue weighted by atomic mass is 31.2. The van der Waals surface area contributed by atoms with Gasteiger partial charge in [-0.15, -0.1) is 13.2 Å². The van der Waals surface area contributed by atoms with Crippen molar-refractivity contribution in [3.63, 3.8) is 0 Å². The fourth-order valence-electron chi connectivity index (χ4n) is 0.757. The van der Waals surface area contributed by atoms with Crippen molar-refractivity contribution >= 4 is 7.59 Å². The largest absolute Gasteiger partial charge is 0.279 e. The van der Waals surface area contributed by atoms with Crippen molar-refractivity contribution in [3.8, 4) is 0 Å². The van der Waals surface area contributed by atoms with Crippen LogP contribution in [0.25, 0.3) is 0 Å². The summed E-state index contributed by atoms with van der Waals surface area (Å²) in [5.41, 5.74) is 5.51. The van der Waals surface area contributed by atoms with Crippen LogP contribution in [0.3, 0.4) is 0 Å². The lowest BCUT2D eigenvalue weighted by atomic mass is 10.5. The van der Waals surface area contributed by atoms with E-state index in [1.807, 2.05) is 0 Å². The molecule has 12 heavy (non-hydrogen) atoms. The normalized spacial score (nSPS) is 15.6. The molecule has 0 saturated heterocycles. The molecule has 70 valence electrons. The van der Waals surface area contributed by atoms with E-state index in [2.05, 4.69) is 18.2 Å². The Bertz CT molecular complexity index is 195. The lowest BCUT2D eigenvalue weighted by Crippen LogP contribution is -2.31. The lowest BCUT2D eigenvalue weighted by molar-refractivity contribution is 0.464. The molecule has 0 aliphatic carbocycles. The van der Waals surface area contributed by atoms with Gasteiger partial charge < -0.3 is 0 Å². The topological polar surface area (TPSA) is 58.4 Å². The predicted octanol–water partition coefficient (Wildman–Crippen LogP) is 0.947. The second-order valence-corrected chi connectivity index (χ2v) is 4.55. The minimum Gasteiger partial charge on any atom is -0.271 e. The minimum atomic E-state index is -2.88. The second kappa shape index (κ2) is 5.27. The molecule has 0 saturated carbocycles. The van der Waals surface area contributed by atoms with Crippen LogP contribution in [0.5, 0.6) is 0 Å². The van der Waals surface area contributed by atoms with Crippen LogP contribution >= 0.6 is 7.59 Å². The lowest BCUT2D eigenvalue weighted by Gasteiger charge is -2.25. The fraction of sp³-hybridized carbons (Fsp3) is 0.429. The van der Waals surface area contributed by atoms with Gasteiger partial charge in [0.1, 0.15) is 0 Å². The first kappa shape index (κ1) is 11.6. The average molecular weight is 189 g/mol. The van der Waals surface area contributed by atoms with Crippen LogP contribution in [-0.4, -0.2) is 24.8 Å². The van der Waals surface area contributed by atoms with E-state index in [-0.39, 0.29) is 0 Å². The summed E-state index contributed by atoms with van der Waals surface area (Å²) in [6.07, 6.45) is 3.31. The zero-order valence-electron chi connectivity index (χ0n) is 7.36. The molecule has 0 aromatic rings. The Labute approximate surface area is 73.7 Å². The molecule has 1 atom stereocenters. The molecule has 0 rings (SSSR count). The third-order valence-electron chi connectivity index (χ3n) is 1.42. The highest BCUT2D eigenvalue weighted by Gasteiger charge is 2.20. The van der Waals surface area contributed by atoms with E-state index < -0.39 is 7.59 Å². The van der Waals surface area contributed by atoms with Gasteiger partial charge in [-0.3, -0.25) is 10.1 Å². The summed E-state index contributed by atoms with van der Waals surface area (Å²) in [6, 6.07) is 0. The van der Waals surface area contributed by atoms with Gasteiger partial charge in [-0.05, 0) is 7.05 Å². The predicted molar refractivity (Wildman–Crippen MR) is 52.8 cm³/mol. The van der Waals surface area contributed by atoms with E-state index >= 15 is 0 Å². The van der Waals surface area contributed by atoms with E-state index in [9.17, 15) is 4.57 Å². The number of nitrogens with one attached hydrogen (secondary N) is 1. The Morgan fingerprint density at radius 1 is 1.50 bits per heavy atom. The maximum atomic E-state index is 11.6. The molecule has 0 radical (unpaired) electrons. The summed E-state index contributed by atoms with van der Waals surface area (Å²) in [5.74, 6) is 0. The standard InChI is InChI=1S/C7H16N3OP/c1-4-6-10(7-5-2)12(8,11)9-3/h4-5H,1-2,6-7H2,3H3,(H3,8,9,11). The molecule has 3 N–H and O–H groups in total. The van der Waals surface area contributed by atoms with Gasteiger partial charge in [-0.25, -0.2) is 9.76 Å². The Kier molecular flexibility index (Phi) is 5.09. The maximum absolute atomic E-state index is 11.6.